The zero-order chi connectivity index (χ0) is 13.2. The van der Waals surface area contributed by atoms with Crippen molar-refractivity contribution in [1.29, 1.82) is 0 Å². The van der Waals surface area contributed by atoms with Gasteiger partial charge >= 0.3 is 0 Å². The molecule has 19 heavy (non-hydrogen) atoms. The molecule has 3 aromatic rings. The molecule has 3 rings (SSSR count). The van der Waals surface area contributed by atoms with Crippen molar-refractivity contribution in [3.8, 4) is 22.8 Å². The largest absolute Gasteiger partial charge is 0.461 e. The summed E-state index contributed by atoms with van der Waals surface area (Å²) in [6.45, 7) is 1.95. The number of nitrogen functional groups attached to an aromatic ring is 1. The van der Waals surface area contributed by atoms with E-state index in [1.165, 1.54) is 0 Å². The van der Waals surface area contributed by atoms with Crippen LogP contribution in [0, 0.1) is 6.92 Å². The Morgan fingerprint density at radius 3 is 2.53 bits per heavy atom. The summed E-state index contributed by atoms with van der Waals surface area (Å²) in [5.74, 6) is 1.60. The van der Waals surface area contributed by atoms with E-state index in [2.05, 4.69) is 9.97 Å². The van der Waals surface area contributed by atoms with Gasteiger partial charge in [-0.15, -0.1) is 0 Å². The van der Waals surface area contributed by atoms with Gasteiger partial charge in [0.1, 0.15) is 5.82 Å². The van der Waals surface area contributed by atoms with Crippen molar-refractivity contribution in [1.82, 2.24) is 9.97 Å². The van der Waals surface area contributed by atoms with Crippen LogP contribution in [-0.4, -0.2) is 9.97 Å². The summed E-state index contributed by atoms with van der Waals surface area (Å²) < 4.78 is 5.42. The minimum Gasteiger partial charge on any atom is -0.461 e. The highest BCUT2D eigenvalue weighted by molar-refractivity contribution is 5.65. The molecule has 2 heterocycles. The van der Waals surface area contributed by atoms with E-state index in [0.717, 1.165) is 16.8 Å². The van der Waals surface area contributed by atoms with Crippen LogP contribution in [0.15, 0.2) is 53.1 Å². The highest BCUT2D eigenvalue weighted by Crippen LogP contribution is 2.25. The van der Waals surface area contributed by atoms with Gasteiger partial charge in [-0.1, -0.05) is 30.3 Å². The van der Waals surface area contributed by atoms with E-state index < -0.39 is 0 Å². The summed E-state index contributed by atoms with van der Waals surface area (Å²) in [6.07, 6.45) is 1.62. The van der Waals surface area contributed by atoms with Crippen LogP contribution in [0.3, 0.4) is 0 Å². The molecule has 0 aliphatic heterocycles. The van der Waals surface area contributed by atoms with Gasteiger partial charge in [0.15, 0.2) is 11.6 Å². The van der Waals surface area contributed by atoms with Crippen LogP contribution >= 0.6 is 0 Å². The van der Waals surface area contributed by atoms with Crippen LogP contribution in [0.1, 0.15) is 5.56 Å². The number of anilines is 1. The van der Waals surface area contributed by atoms with Crippen LogP contribution in [0.5, 0.6) is 0 Å². The van der Waals surface area contributed by atoms with Crippen molar-refractivity contribution in [3.05, 3.63) is 54.3 Å². The highest BCUT2D eigenvalue weighted by atomic mass is 16.3. The molecule has 0 amide bonds. The lowest BCUT2D eigenvalue weighted by atomic mass is 10.1. The Bertz CT molecular complexity index is 704. The van der Waals surface area contributed by atoms with Crippen molar-refractivity contribution in [2.24, 2.45) is 0 Å². The molecule has 2 N–H and O–H groups in total. The summed E-state index contributed by atoms with van der Waals surface area (Å²) in [5, 5.41) is 0. The molecule has 0 saturated carbocycles. The minimum atomic E-state index is 0.430. The smallest absolute Gasteiger partial charge is 0.198 e. The van der Waals surface area contributed by atoms with Gasteiger partial charge in [-0.2, -0.15) is 0 Å². The molecule has 4 heteroatoms. The Morgan fingerprint density at radius 1 is 1.05 bits per heavy atom. The average Bonchev–Trinajstić information content (AvgIpc) is 2.85. The molecule has 0 atom stereocenters. The topological polar surface area (TPSA) is 64.9 Å². The molecular formula is C15H13N3O. The third-order valence-corrected chi connectivity index (χ3v) is 2.88. The maximum atomic E-state index is 5.86. The second-order valence-corrected chi connectivity index (χ2v) is 4.30. The summed E-state index contributed by atoms with van der Waals surface area (Å²) in [7, 11) is 0. The first-order valence-electron chi connectivity index (χ1n) is 5.98. The highest BCUT2D eigenvalue weighted by Gasteiger charge is 2.11. The van der Waals surface area contributed by atoms with E-state index in [-0.39, 0.29) is 0 Å². The molecule has 0 fully saturated rings. The van der Waals surface area contributed by atoms with Gasteiger partial charge in [-0.3, -0.25) is 0 Å². The number of aryl methyl sites for hydroxylation is 1. The molecule has 0 saturated heterocycles. The van der Waals surface area contributed by atoms with Gasteiger partial charge in [0.05, 0.1) is 12.0 Å². The fraction of sp³-hybridized carbons (Fsp3) is 0.0667. The number of hydrogen-bond acceptors (Lipinski definition) is 4. The SMILES string of the molecule is Cc1ccoc1-c1nc(N)cc(-c2ccccc2)n1. The third kappa shape index (κ3) is 2.20. The van der Waals surface area contributed by atoms with Gasteiger partial charge in [0.2, 0.25) is 0 Å². The summed E-state index contributed by atoms with van der Waals surface area (Å²) in [4.78, 5) is 8.76. The molecule has 1 aromatic carbocycles. The van der Waals surface area contributed by atoms with E-state index in [0.29, 0.717) is 17.4 Å². The molecule has 2 aromatic heterocycles. The zero-order valence-electron chi connectivity index (χ0n) is 10.5. The lowest BCUT2D eigenvalue weighted by Gasteiger charge is -2.05. The molecule has 0 unspecified atom stereocenters. The molecule has 94 valence electrons. The Morgan fingerprint density at radius 2 is 1.84 bits per heavy atom. The molecule has 0 spiro atoms. The Kier molecular flexibility index (Phi) is 2.76. The Balaban J connectivity index is 2.14. The molecule has 0 bridgehead atoms. The molecular weight excluding hydrogens is 238 g/mol. The summed E-state index contributed by atoms with van der Waals surface area (Å²) in [6, 6.07) is 13.5. The van der Waals surface area contributed by atoms with Gasteiger partial charge in [-0.05, 0) is 18.6 Å². The van der Waals surface area contributed by atoms with Crippen LogP contribution in [0.2, 0.25) is 0 Å². The van der Waals surface area contributed by atoms with E-state index >= 15 is 0 Å². The second-order valence-electron chi connectivity index (χ2n) is 4.30. The summed E-state index contributed by atoms with van der Waals surface area (Å²) >= 11 is 0. The molecule has 0 aliphatic carbocycles. The predicted octanol–water partition coefficient (Wildman–Crippen LogP) is 3.29. The predicted molar refractivity (Wildman–Crippen MR) is 74.3 cm³/mol. The number of benzene rings is 1. The number of furan rings is 1. The van der Waals surface area contributed by atoms with E-state index in [4.69, 9.17) is 10.2 Å². The fourth-order valence-electron chi connectivity index (χ4n) is 1.93. The van der Waals surface area contributed by atoms with Crippen molar-refractivity contribution in [2.45, 2.75) is 6.92 Å². The number of nitrogens with two attached hydrogens (primary N) is 1. The minimum absolute atomic E-state index is 0.430. The van der Waals surface area contributed by atoms with Crippen LogP contribution in [-0.2, 0) is 0 Å². The fourth-order valence-corrected chi connectivity index (χ4v) is 1.93. The maximum absolute atomic E-state index is 5.86. The normalized spacial score (nSPS) is 10.6. The Labute approximate surface area is 110 Å². The maximum Gasteiger partial charge on any atom is 0.198 e. The van der Waals surface area contributed by atoms with E-state index in [1.807, 2.05) is 43.3 Å². The van der Waals surface area contributed by atoms with Crippen LogP contribution in [0.25, 0.3) is 22.8 Å². The van der Waals surface area contributed by atoms with Crippen LogP contribution in [0.4, 0.5) is 5.82 Å². The standard InChI is InChI=1S/C15H13N3O/c1-10-7-8-19-14(10)15-17-12(9-13(16)18-15)11-5-3-2-4-6-11/h2-9H,1H3,(H2,16,17,18). The number of rotatable bonds is 2. The molecule has 0 aliphatic rings. The monoisotopic (exact) mass is 251 g/mol. The van der Waals surface area contributed by atoms with Crippen LogP contribution < -0.4 is 5.73 Å². The first-order valence-corrected chi connectivity index (χ1v) is 5.98. The Hall–Kier alpha value is -2.62. The van der Waals surface area contributed by atoms with Gasteiger partial charge in [0, 0.05) is 11.6 Å². The first-order chi connectivity index (χ1) is 9.24. The lowest BCUT2D eigenvalue weighted by Crippen LogP contribution is -1.98. The first kappa shape index (κ1) is 11.5. The lowest BCUT2D eigenvalue weighted by molar-refractivity contribution is 0.576. The van der Waals surface area contributed by atoms with Crippen molar-refractivity contribution >= 4 is 5.82 Å². The van der Waals surface area contributed by atoms with Gasteiger partial charge in [-0.25, -0.2) is 9.97 Å². The molecule has 4 nitrogen and oxygen atoms in total. The number of aromatic nitrogens is 2. The van der Waals surface area contributed by atoms with Gasteiger partial charge < -0.3 is 10.2 Å². The number of nitrogens with zero attached hydrogens (tertiary/aromatic N) is 2. The molecule has 0 radical (unpaired) electrons. The zero-order valence-corrected chi connectivity index (χ0v) is 10.5. The van der Waals surface area contributed by atoms with Crippen molar-refractivity contribution < 1.29 is 4.42 Å². The van der Waals surface area contributed by atoms with Crippen molar-refractivity contribution in [3.63, 3.8) is 0 Å². The summed E-state index contributed by atoms with van der Waals surface area (Å²) in [5.41, 5.74) is 8.64. The quantitative estimate of drug-likeness (QED) is 0.759. The number of hydrogen-bond donors (Lipinski definition) is 1. The van der Waals surface area contributed by atoms with E-state index in [1.54, 1.807) is 12.3 Å². The second kappa shape index (κ2) is 4.57. The van der Waals surface area contributed by atoms with E-state index in [9.17, 15) is 0 Å². The van der Waals surface area contributed by atoms with Gasteiger partial charge in [0.25, 0.3) is 0 Å². The van der Waals surface area contributed by atoms with Crippen molar-refractivity contribution in [2.75, 3.05) is 5.73 Å². The third-order valence-electron chi connectivity index (χ3n) is 2.88. The average molecular weight is 251 g/mol.